The normalized spacial score (nSPS) is 10.6. The van der Waals surface area contributed by atoms with E-state index < -0.39 is 0 Å². The van der Waals surface area contributed by atoms with E-state index in [1.54, 1.807) is 6.33 Å². The minimum Gasteiger partial charge on any atom is -0.345 e. The lowest BCUT2D eigenvalue weighted by Crippen LogP contribution is -1.78. The van der Waals surface area contributed by atoms with Crippen molar-refractivity contribution in [2.45, 2.75) is 13.3 Å². The summed E-state index contributed by atoms with van der Waals surface area (Å²) >= 11 is 0. The molecule has 0 unspecified atom stereocenters. The molecule has 2 nitrogen and oxygen atoms in total. The van der Waals surface area contributed by atoms with Gasteiger partial charge >= 0.3 is 1.43 Å². The van der Waals surface area contributed by atoms with Crippen LogP contribution in [0.1, 0.15) is 13.9 Å². The lowest BCUT2D eigenvalue weighted by Gasteiger charge is -1.93. The van der Waals surface area contributed by atoms with Crippen LogP contribution >= 0.6 is 0 Å². The van der Waals surface area contributed by atoms with Crippen molar-refractivity contribution in [3.63, 3.8) is 0 Å². The molecular formula is C9H11N2+. The zero-order valence-electron chi connectivity index (χ0n) is 7.46. The van der Waals surface area contributed by atoms with Crippen molar-refractivity contribution in [3.05, 3.63) is 30.1 Å². The SMILES string of the molecule is CCc1ccc2nc[nH]c2c1.[H+]. The Labute approximate surface area is 66.8 Å². The fourth-order valence-electron chi connectivity index (χ4n) is 1.20. The summed E-state index contributed by atoms with van der Waals surface area (Å²) in [5, 5.41) is 0. The molecular weight excluding hydrogens is 136 g/mol. The third-order valence-corrected chi connectivity index (χ3v) is 1.89. The molecule has 0 aliphatic heterocycles. The zero-order valence-corrected chi connectivity index (χ0v) is 6.46. The average molecular weight is 147 g/mol. The van der Waals surface area contributed by atoms with E-state index >= 15 is 0 Å². The lowest BCUT2D eigenvalue weighted by atomic mass is 10.1. The van der Waals surface area contributed by atoms with Gasteiger partial charge in [-0.05, 0) is 24.1 Å². The van der Waals surface area contributed by atoms with Gasteiger partial charge in [-0.15, -0.1) is 0 Å². The first-order valence-corrected chi connectivity index (χ1v) is 3.82. The molecule has 1 aromatic heterocycles. The minimum absolute atomic E-state index is 0. The quantitative estimate of drug-likeness (QED) is 0.658. The van der Waals surface area contributed by atoms with Gasteiger partial charge in [0, 0.05) is 0 Å². The third kappa shape index (κ3) is 1.00. The van der Waals surface area contributed by atoms with Crippen molar-refractivity contribution in [2.24, 2.45) is 0 Å². The molecule has 2 rings (SSSR count). The fourth-order valence-corrected chi connectivity index (χ4v) is 1.20. The second-order valence-corrected chi connectivity index (χ2v) is 2.61. The van der Waals surface area contributed by atoms with Gasteiger partial charge in [-0.3, -0.25) is 0 Å². The van der Waals surface area contributed by atoms with Gasteiger partial charge in [0.2, 0.25) is 0 Å². The number of imidazole rings is 1. The van der Waals surface area contributed by atoms with Gasteiger partial charge in [0.15, 0.2) is 0 Å². The highest BCUT2D eigenvalue weighted by Crippen LogP contribution is 2.11. The molecule has 11 heavy (non-hydrogen) atoms. The molecule has 0 spiro atoms. The summed E-state index contributed by atoms with van der Waals surface area (Å²) in [4.78, 5) is 7.22. The van der Waals surface area contributed by atoms with Gasteiger partial charge in [0.25, 0.3) is 0 Å². The highest BCUT2D eigenvalue weighted by Gasteiger charge is 1.94. The third-order valence-electron chi connectivity index (χ3n) is 1.89. The molecule has 2 heteroatoms. The maximum absolute atomic E-state index is 4.14. The standard InChI is InChI=1S/C9H10N2/c1-2-7-3-4-8-9(5-7)11-6-10-8/h3-6H,2H2,1H3,(H,10,11)/p+1. The Morgan fingerprint density at radius 3 is 3.27 bits per heavy atom. The Kier molecular flexibility index (Phi) is 1.39. The van der Waals surface area contributed by atoms with E-state index in [0.717, 1.165) is 17.5 Å². The molecule has 0 aliphatic carbocycles. The number of hydrogen-bond acceptors (Lipinski definition) is 1. The number of nitrogens with one attached hydrogen (secondary N) is 1. The van der Waals surface area contributed by atoms with Crippen molar-refractivity contribution < 1.29 is 1.43 Å². The topological polar surface area (TPSA) is 28.7 Å². The molecule has 0 amide bonds. The number of benzene rings is 1. The van der Waals surface area contributed by atoms with E-state index in [1.807, 2.05) is 6.07 Å². The van der Waals surface area contributed by atoms with E-state index in [-0.39, 0.29) is 1.43 Å². The Balaban J connectivity index is 0.000000720. The van der Waals surface area contributed by atoms with Crippen molar-refractivity contribution in [1.29, 1.82) is 0 Å². The van der Waals surface area contributed by atoms with Gasteiger partial charge in [-0.1, -0.05) is 13.0 Å². The van der Waals surface area contributed by atoms with Gasteiger partial charge in [-0.25, -0.2) is 4.98 Å². The predicted octanol–water partition coefficient (Wildman–Crippen LogP) is 2.24. The number of aromatic amines is 1. The largest absolute Gasteiger partial charge is 1.00 e. The number of aryl methyl sites for hydroxylation is 1. The minimum atomic E-state index is 0. The molecule has 0 saturated carbocycles. The molecule has 1 N–H and O–H groups in total. The van der Waals surface area contributed by atoms with Gasteiger partial charge in [0.05, 0.1) is 17.4 Å². The van der Waals surface area contributed by atoms with Crippen molar-refractivity contribution in [3.8, 4) is 0 Å². The van der Waals surface area contributed by atoms with Crippen LogP contribution in [0.5, 0.6) is 0 Å². The van der Waals surface area contributed by atoms with Crippen molar-refractivity contribution in [1.82, 2.24) is 9.97 Å². The van der Waals surface area contributed by atoms with E-state index in [0.29, 0.717) is 0 Å². The monoisotopic (exact) mass is 147 g/mol. The first-order chi connectivity index (χ1) is 5.40. The Morgan fingerprint density at radius 1 is 1.55 bits per heavy atom. The summed E-state index contributed by atoms with van der Waals surface area (Å²) in [7, 11) is 0. The fraction of sp³-hybridized carbons (Fsp3) is 0.222. The average Bonchev–Trinajstić information content (AvgIpc) is 2.50. The Morgan fingerprint density at radius 2 is 2.45 bits per heavy atom. The van der Waals surface area contributed by atoms with Gasteiger partial charge in [-0.2, -0.15) is 0 Å². The molecule has 0 saturated heterocycles. The zero-order chi connectivity index (χ0) is 7.68. The molecule has 1 heterocycles. The number of fused-ring (bicyclic) bond motifs is 1. The highest BCUT2D eigenvalue weighted by molar-refractivity contribution is 5.74. The number of aromatic nitrogens is 2. The molecule has 56 valence electrons. The van der Waals surface area contributed by atoms with E-state index in [2.05, 4.69) is 29.0 Å². The van der Waals surface area contributed by atoms with Crippen LogP contribution in [0.3, 0.4) is 0 Å². The van der Waals surface area contributed by atoms with Gasteiger partial charge in [0.1, 0.15) is 0 Å². The summed E-state index contributed by atoms with van der Waals surface area (Å²) in [6.07, 6.45) is 2.80. The van der Waals surface area contributed by atoms with Crippen molar-refractivity contribution >= 4 is 11.0 Å². The van der Waals surface area contributed by atoms with Crippen LogP contribution in [0.15, 0.2) is 24.5 Å². The Hall–Kier alpha value is -1.31. The summed E-state index contributed by atoms with van der Waals surface area (Å²) in [6.45, 7) is 2.15. The number of H-pyrrole nitrogens is 1. The van der Waals surface area contributed by atoms with Crippen LogP contribution in [-0.4, -0.2) is 9.97 Å². The van der Waals surface area contributed by atoms with Crippen LogP contribution in [0, 0.1) is 0 Å². The van der Waals surface area contributed by atoms with Crippen LogP contribution in [0.2, 0.25) is 0 Å². The Bertz CT molecular complexity index is 367. The maximum Gasteiger partial charge on any atom is 1.00 e. The first kappa shape index (κ1) is 6.40. The number of hydrogen-bond donors (Lipinski definition) is 1. The summed E-state index contributed by atoms with van der Waals surface area (Å²) < 4.78 is 0. The van der Waals surface area contributed by atoms with Crippen LogP contribution in [-0.2, 0) is 6.42 Å². The van der Waals surface area contributed by atoms with Gasteiger partial charge < -0.3 is 4.98 Å². The van der Waals surface area contributed by atoms with Crippen molar-refractivity contribution in [2.75, 3.05) is 0 Å². The molecule has 0 radical (unpaired) electrons. The second-order valence-electron chi connectivity index (χ2n) is 2.61. The highest BCUT2D eigenvalue weighted by atomic mass is 14.9. The summed E-state index contributed by atoms with van der Waals surface area (Å²) in [6, 6.07) is 6.30. The van der Waals surface area contributed by atoms with Crippen LogP contribution < -0.4 is 0 Å². The smallest absolute Gasteiger partial charge is 0.345 e. The molecule has 1 aromatic carbocycles. The summed E-state index contributed by atoms with van der Waals surface area (Å²) in [5.74, 6) is 0. The summed E-state index contributed by atoms with van der Waals surface area (Å²) in [5.41, 5.74) is 3.52. The first-order valence-electron chi connectivity index (χ1n) is 3.82. The molecule has 0 bridgehead atoms. The molecule has 0 fully saturated rings. The molecule has 0 aliphatic rings. The molecule has 2 aromatic rings. The van der Waals surface area contributed by atoms with E-state index in [1.165, 1.54) is 5.56 Å². The number of rotatable bonds is 1. The predicted molar refractivity (Wildman–Crippen MR) is 46.6 cm³/mol. The van der Waals surface area contributed by atoms with E-state index in [9.17, 15) is 0 Å². The van der Waals surface area contributed by atoms with E-state index in [4.69, 9.17) is 0 Å². The second kappa shape index (κ2) is 2.38. The lowest BCUT2D eigenvalue weighted by molar-refractivity contribution is 1.14. The molecule has 0 atom stereocenters. The van der Waals surface area contributed by atoms with Crippen LogP contribution in [0.4, 0.5) is 0 Å². The number of nitrogens with zero attached hydrogens (tertiary/aromatic N) is 1. The maximum atomic E-state index is 4.14. The van der Waals surface area contributed by atoms with Crippen LogP contribution in [0.25, 0.3) is 11.0 Å².